The Morgan fingerprint density at radius 1 is 1.15 bits per heavy atom. The number of rotatable bonds is 7. The molecule has 0 unspecified atom stereocenters. The van der Waals surface area contributed by atoms with Gasteiger partial charge in [-0.15, -0.1) is 0 Å². The summed E-state index contributed by atoms with van der Waals surface area (Å²) in [6.07, 6.45) is 0.880. The predicted octanol–water partition coefficient (Wildman–Crippen LogP) is 2.78. The van der Waals surface area contributed by atoms with Crippen molar-refractivity contribution in [2.45, 2.75) is 33.2 Å². The Morgan fingerprint density at radius 2 is 1.92 bits per heavy atom. The fraction of sp³-hybridized carbons (Fsp3) is 0.300. The number of carbonyl (C=O) groups excluding carboxylic acids is 2. The number of nitrogens with zero attached hydrogens (tertiary/aromatic N) is 1. The van der Waals surface area contributed by atoms with Crippen molar-refractivity contribution >= 4 is 23.2 Å². The molecule has 0 fully saturated rings. The highest BCUT2D eigenvalue weighted by Gasteiger charge is 2.12. The molecule has 2 aromatic rings. The second-order valence-electron chi connectivity index (χ2n) is 6.27. The molecular formula is C20H25N4O2. The maximum Gasteiger partial charge on any atom is 0.251 e. The first kappa shape index (κ1) is 19.5. The van der Waals surface area contributed by atoms with Gasteiger partial charge >= 0.3 is 0 Å². The minimum Gasteiger partial charge on any atom is -0.352 e. The van der Waals surface area contributed by atoms with E-state index in [0.717, 1.165) is 6.42 Å². The maximum absolute atomic E-state index is 12.1. The molecule has 0 aromatic heterocycles. The summed E-state index contributed by atoms with van der Waals surface area (Å²) in [5, 5.41) is 7.10. The molecule has 4 N–H and O–H groups in total. The highest BCUT2D eigenvalue weighted by Crippen LogP contribution is 2.22. The van der Waals surface area contributed by atoms with Gasteiger partial charge in [-0.05, 0) is 56.7 Å². The van der Waals surface area contributed by atoms with Gasteiger partial charge in [-0.1, -0.05) is 13.0 Å². The summed E-state index contributed by atoms with van der Waals surface area (Å²) in [7, 11) is 0. The van der Waals surface area contributed by atoms with Crippen LogP contribution < -0.4 is 21.5 Å². The number of nitrogens with one attached hydrogen (secondary N) is 2. The molecule has 0 saturated heterocycles. The zero-order valence-corrected chi connectivity index (χ0v) is 15.4. The van der Waals surface area contributed by atoms with Crippen molar-refractivity contribution in [2.24, 2.45) is 5.84 Å². The first-order valence-corrected chi connectivity index (χ1v) is 8.68. The Balaban J connectivity index is 2.14. The van der Waals surface area contributed by atoms with Crippen LogP contribution in [0.25, 0.3) is 0 Å². The van der Waals surface area contributed by atoms with Gasteiger partial charge in [-0.25, -0.2) is 5.84 Å². The molecule has 0 spiro atoms. The minimum absolute atomic E-state index is 0.0554. The summed E-state index contributed by atoms with van der Waals surface area (Å²) < 4.78 is 0. The van der Waals surface area contributed by atoms with E-state index >= 15 is 0 Å². The highest BCUT2D eigenvalue weighted by atomic mass is 16.2. The van der Waals surface area contributed by atoms with Gasteiger partial charge in [0.05, 0.1) is 11.4 Å². The number of amides is 2. The van der Waals surface area contributed by atoms with Crippen LogP contribution in [0.3, 0.4) is 0 Å². The zero-order valence-electron chi connectivity index (χ0n) is 15.4. The molecule has 6 nitrogen and oxygen atoms in total. The van der Waals surface area contributed by atoms with Crippen molar-refractivity contribution in [1.82, 2.24) is 10.6 Å². The number of anilines is 2. The third kappa shape index (κ3) is 5.07. The normalized spacial score (nSPS) is 10.5. The van der Waals surface area contributed by atoms with Gasteiger partial charge in [0.15, 0.2) is 0 Å². The third-order valence-electron chi connectivity index (χ3n) is 3.66. The van der Waals surface area contributed by atoms with E-state index in [2.05, 4.69) is 16.7 Å². The first-order chi connectivity index (χ1) is 12.4. The van der Waals surface area contributed by atoms with Gasteiger partial charge in [-0.3, -0.25) is 14.6 Å². The van der Waals surface area contributed by atoms with Crippen molar-refractivity contribution in [3.63, 3.8) is 0 Å². The summed E-state index contributed by atoms with van der Waals surface area (Å²) in [5.74, 6) is 5.88. The lowest BCUT2D eigenvalue weighted by atomic mass is 10.1. The second kappa shape index (κ2) is 9.01. The molecule has 2 amide bonds. The van der Waals surface area contributed by atoms with Crippen LogP contribution in [0.4, 0.5) is 11.4 Å². The van der Waals surface area contributed by atoms with Crippen molar-refractivity contribution in [1.29, 1.82) is 0 Å². The fourth-order valence-corrected chi connectivity index (χ4v) is 2.33. The summed E-state index contributed by atoms with van der Waals surface area (Å²) in [5.41, 5.74) is 2.31. The Kier molecular flexibility index (Phi) is 6.74. The molecule has 2 rings (SSSR count). The molecule has 26 heavy (non-hydrogen) atoms. The Morgan fingerprint density at radius 3 is 2.54 bits per heavy atom. The van der Waals surface area contributed by atoms with E-state index in [1.807, 2.05) is 26.8 Å². The van der Waals surface area contributed by atoms with Gasteiger partial charge in [0, 0.05) is 29.8 Å². The molecular weight excluding hydrogens is 328 g/mol. The SMILES string of the molecule is CCCNC(=O)c1c[c]c(N(N)c2cccc(C(=O)NC(C)C)c2)cc1. The number of nitrogens with two attached hydrogens (primary N) is 1. The molecule has 0 aliphatic rings. The van der Waals surface area contributed by atoms with Crippen molar-refractivity contribution in [3.8, 4) is 0 Å². The summed E-state index contributed by atoms with van der Waals surface area (Å²) in [4.78, 5) is 24.1. The van der Waals surface area contributed by atoms with Gasteiger partial charge in [-0.2, -0.15) is 0 Å². The van der Waals surface area contributed by atoms with E-state index in [0.29, 0.717) is 29.0 Å². The minimum atomic E-state index is -0.151. The summed E-state index contributed by atoms with van der Waals surface area (Å²) in [6, 6.07) is 15.1. The number of carbonyl (C=O) groups is 2. The third-order valence-corrected chi connectivity index (χ3v) is 3.66. The van der Waals surface area contributed by atoms with Crippen molar-refractivity contribution < 1.29 is 9.59 Å². The van der Waals surface area contributed by atoms with Gasteiger partial charge in [0.25, 0.3) is 11.8 Å². The Labute approximate surface area is 154 Å². The van der Waals surface area contributed by atoms with Crippen LogP contribution in [0.2, 0.25) is 0 Å². The molecule has 0 saturated carbocycles. The van der Waals surface area contributed by atoms with Crippen LogP contribution in [-0.4, -0.2) is 24.4 Å². The van der Waals surface area contributed by atoms with Crippen LogP contribution in [0.15, 0.2) is 42.5 Å². The molecule has 0 heterocycles. The fourth-order valence-electron chi connectivity index (χ4n) is 2.33. The van der Waals surface area contributed by atoms with Crippen molar-refractivity contribution in [2.75, 3.05) is 11.6 Å². The summed E-state index contributed by atoms with van der Waals surface area (Å²) >= 11 is 0. The number of benzene rings is 2. The lowest BCUT2D eigenvalue weighted by Gasteiger charge is -2.19. The van der Waals surface area contributed by atoms with Gasteiger partial charge < -0.3 is 10.6 Å². The number of hydrazine groups is 1. The van der Waals surface area contributed by atoms with Crippen LogP contribution >= 0.6 is 0 Å². The standard InChI is InChI=1S/C20H25N4O2/c1-4-12-22-19(25)15-8-10-17(11-9-15)24(21)18-7-5-6-16(13-18)20(26)23-14(2)3/h5-10,13-14H,4,12,21H2,1-3H3,(H,22,25)(H,23,26). The van der Waals surface area contributed by atoms with Gasteiger partial charge in [0.1, 0.15) is 0 Å². The first-order valence-electron chi connectivity index (χ1n) is 8.68. The van der Waals surface area contributed by atoms with E-state index in [9.17, 15) is 9.59 Å². The molecule has 6 heteroatoms. The van der Waals surface area contributed by atoms with Crippen LogP contribution in [0.1, 0.15) is 47.9 Å². The van der Waals surface area contributed by atoms with E-state index in [1.54, 1.807) is 36.4 Å². The zero-order chi connectivity index (χ0) is 19.1. The van der Waals surface area contributed by atoms with Gasteiger partial charge in [0.2, 0.25) is 0 Å². The maximum atomic E-state index is 12.1. The highest BCUT2D eigenvalue weighted by molar-refractivity contribution is 5.96. The van der Waals surface area contributed by atoms with E-state index in [4.69, 9.17) is 5.84 Å². The predicted molar refractivity (Wildman–Crippen MR) is 103 cm³/mol. The quantitative estimate of drug-likeness (QED) is 0.528. The average Bonchev–Trinajstić information content (AvgIpc) is 2.65. The van der Waals surface area contributed by atoms with Crippen LogP contribution in [0.5, 0.6) is 0 Å². The topological polar surface area (TPSA) is 87.5 Å². The monoisotopic (exact) mass is 353 g/mol. The molecule has 0 atom stereocenters. The number of hydrogen-bond donors (Lipinski definition) is 3. The van der Waals surface area contributed by atoms with E-state index in [1.165, 1.54) is 5.01 Å². The van der Waals surface area contributed by atoms with E-state index in [-0.39, 0.29) is 17.9 Å². The molecule has 137 valence electrons. The average molecular weight is 353 g/mol. The Bertz CT molecular complexity index is 757. The van der Waals surface area contributed by atoms with Crippen LogP contribution in [-0.2, 0) is 0 Å². The molecule has 1 radical (unpaired) electrons. The molecule has 0 aliphatic carbocycles. The van der Waals surface area contributed by atoms with Crippen molar-refractivity contribution in [3.05, 3.63) is 59.7 Å². The molecule has 2 aromatic carbocycles. The molecule has 0 bridgehead atoms. The van der Waals surface area contributed by atoms with E-state index < -0.39 is 0 Å². The Hall–Kier alpha value is -2.86. The lowest BCUT2D eigenvalue weighted by molar-refractivity contribution is 0.0938. The van der Waals surface area contributed by atoms with Crippen LogP contribution in [0, 0.1) is 6.07 Å². The number of hydrogen-bond acceptors (Lipinski definition) is 4. The molecule has 0 aliphatic heterocycles. The lowest BCUT2D eigenvalue weighted by Crippen LogP contribution is -2.30. The smallest absolute Gasteiger partial charge is 0.251 e. The summed E-state index contributed by atoms with van der Waals surface area (Å²) in [6.45, 7) is 6.44. The largest absolute Gasteiger partial charge is 0.352 e. The second-order valence-corrected chi connectivity index (χ2v) is 6.27.